The number of carbonyl (C=O) groups excluding carboxylic acids is 3. The van der Waals surface area contributed by atoms with Gasteiger partial charge in [-0.1, -0.05) is 30.3 Å². The monoisotopic (exact) mass is 409 g/mol. The molecule has 1 aromatic carbocycles. The van der Waals surface area contributed by atoms with Crippen molar-refractivity contribution in [3.63, 3.8) is 0 Å². The van der Waals surface area contributed by atoms with Gasteiger partial charge in [-0.05, 0) is 5.56 Å². The number of hydrogen-bond donors (Lipinski definition) is 4. The predicted molar refractivity (Wildman–Crippen MR) is 96.9 cm³/mol. The van der Waals surface area contributed by atoms with Crippen LogP contribution in [-0.2, 0) is 19.1 Å². The molecule has 5 N–H and O–H groups in total. The Bertz CT molecular complexity index is 805. The van der Waals surface area contributed by atoms with Gasteiger partial charge >= 0.3 is 12.1 Å². The van der Waals surface area contributed by atoms with E-state index in [0.717, 1.165) is 11.8 Å². The van der Waals surface area contributed by atoms with Crippen molar-refractivity contribution in [1.82, 2.24) is 10.2 Å². The van der Waals surface area contributed by atoms with Gasteiger partial charge in [-0.15, -0.1) is 11.8 Å². The van der Waals surface area contributed by atoms with Crippen LogP contribution >= 0.6 is 11.8 Å². The highest BCUT2D eigenvalue weighted by molar-refractivity contribution is 8.00. The third kappa shape index (κ3) is 3.62. The first kappa shape index (κ1) is 20.0. The molecule has 0 aromatic heterocycles. The molecule has 10 nitrogen and oxygen atoms in total. The van der Waals surface area contributed by atoms with Crippen LogP contribution < -0.4 is 11.1 Å². The van der Waals surface area contributed by atoms with E-state index in [1.807, 2.05) is 0 Å². The number of carboxylic acid groups (broad SMARTS) is 1. The quantitative estimate of drug-likeness (QED) is 0.448. The molecule has 0 radical (unpaired) electrons. The summed E-state index contributed by atoms with van der Waals surface area (Å²) < 4.78 is 4.66. The van der Waals surface area contributed by atoms with Gasteiger partial charge in [-0.25, -0.2) is 4.79 Å². The second kappa shape index (κ2) is 7.68. The van der Waals surface area contributed by atoms with Gasteiger partial charge in [0, 0.05) is 12.3 Å². The minimum atomic E-state index is -1.47. The molecule has 0 saturated carbocycles. The summed E-state index contributed by atoms with van der Waals surface area (Å²) in [5, 5.41) is 21.7. The zero-order chi connectivity index (χ0) is 20.5. The minimum Gasteiger partial charge on any atom is -0.481 e. The van der Waals surface area contributed by atoms with Crippen molar-refractivity contribution in [3.8, 4) is 0 Å². The van der Waals surface area contributed by atoms with E-state index in [9.17, 15) is 29.4 Å². The number of thioether (sulfide) groups is 1. The van der Waals surface area contributed by atoms with Gasteiger partial charge in [0.05, 0.1) is 0 Å². The van der Waals surface area contributed by atoms with E-state index >= 15 is 0 Å². The second-order valence-electron chi connectivity index (χ2n) is 6.66. The highest BCUT2D eigenvalue weighted by Gasteiger charge is 2.58. The number of ether oxygens (including phenoxy) is 1. The summed E-state index contributed by atoms with van der Waals surface area (Å²) in [7, 11) is 0. The van der Waals surface area contributed by atoms with Crippen molar-refractivity contribution in [2.75, 3.05) is 18.9 Å². The van der Waals surface area contributed by atoms with Crippen molar-refractivity contribution >= 4 is 35.6 Å². The van der Waals surface area contributed by atoms with Crippen molar-refractivity contribution in [3.05, 3.63) is 35.9 Å². The molecule has 3 amide bonds. The first-order valence-corrected chi connectivity index (χ1v) is 9.41. The number of carboxylic acids is 1. The van der Waals surface area contributed by atoms with E-state index in [1.54, 1.807) is 30.3 Å². The van der Waals surface area contributed by atoms with Crippen LogP contribution in [-0.4, -0.2) is 69.3 Å². The van der Waals surface area contributed by atoms with Crippen molar-refractivity contribution in [2.45, 2.75) is 17.5 Å². The van der Waals surface area contributed by atoms with E-state index in [4.69, 9.17) is 5.73 Å². The molecule has 28 heavy (non-hydrogen) atoms. The van der Waals surface area contributed by atoms with Gasteiger partial charge in [-0.2, -0.15) is 0 Å². The van der Waals surface area contributed by atoms with Crippen LogP contribution in [0.3, 0.4) is 0 Å². The smallest absolute Gasteiger partial charge is 0.404 e. The van der Waals surface area contributed by atoms with Crippen LogP contribution in [0.5, 0.6) is 0 Å². The van der Waals surface area contributed by atoms with Gasteiger partial charge in [0.1, 0.15) is 23.4 Å². The molecule has 1 aromatic rings. The van der Waals surface area contributed by atoms with E-state index in [2.05, 4.69) is 10.1 Å². The zero-order valence-electron chi connectivity index (χ0n) is 14.6. The highest BCUT2D eigenvalue weighted by atomic mass is 32.2. The lowest BCUT2D eigenvalue weighted by Crippen LogP contribution is -2.74. The lowest BCUT2D eigenvalue weighted by Gasteiger charge is -2.53. The fourth-order valence-electron chi connectivity index (χ4n) is 3.13. The zero-order valence-corrected chi connectivity index (χ0v) is 15.4. The normalized spacial score (nSPS) is 27.2. The van der Waals surface area contributed by atoms with Gasteiger partial charge in [0.25, 0.3) is 5.91 Å². The van der Waals surface area contributed by atoms with Gasteiger partial charge in [0.15, 0.2) is 6.10 Å². The Balaban J connectivity index is 1.64. The summed E-state index contributed by atoms with van der Waals surface area (Å²) in [5.74, 6) is -2.32. The average molecular weight is 409 g/mol. The molecule has 2 aliphatic rings. The fourth-order valence-corrected chi connectivity index (χ4v) is 4.66. The molecular formula is C17H19N3O7S. The second-order valence-corrected chi connectivity index (χ2v) is 7.77. The standard InChI is InChI=1S/C17H19N3O7S/c18-16(26)27-7-17(15(24)25)6-20-13(23)10(14(20)28-8-17)19-12(22)11(21)9-4-2-1-3-5-9/h1-5,10-11,14,21H,6-8H2,(H2,18,26)(H,19,22)(H,24,25)/t10?,11?,14-,17?/m1/s1. The highest BCUT2D eigenvalue weighted by Crippen LogP contribution is 2.42. The molecule has 0 spiro atoms. The number of aliphatic hydroxyl groups excluding tert-OH is 1. The van der Waals surface area contributed by atoms with Gasteiger partial charge in [-0.3, -0.25) is 14.4 Å². The molecule has 3 unspecified atom stereocenters. The van der Waals surface area contributed by atoms with E-state index in [1.165, 1.54) is 4.90 Å². The first-order valence-electron chi connectivity index (χ1n) is 8.36. The third-order valence-electron chi connectivity index (χ3n) is 4.75. The van der Waals surface area contributed by atoms with Crippen LogP contribution in [0.1, 0.15) is 11.7 Å². The number of carbonyl (C=O) groups is 4. The summed E-state index contributed by atoms with van der Waals surface area (Å²) in [6.07, 6.45) is -2.51. The molecule has 2 saturated heterocycles. The fraction of sp³-hybridized carbons (Fsp3) is 0.412. The Labute approximate surface area is 164 Å². The van der Waals surface area contributed by atoms with Gasteiger partial charge < -0.3 is 30.9 Å². The number of nitrogens with one attached hydrogen (secondary N) is 1. The summed E-state index contributed by atoms with van der Waals surface area (Å²) in [5.41, 5.74) is 3.84. The van der Waals surface area contributed by atoms with Crippen molar-refractivity contribution < 1.29 is 34.1 Å². The topological polar surface area (TPSA) is 159 Å². The first-order chi connectivity index (χ1) is 13.2. The maximum absolute atomic E-state index is 12.4. The Morgan fingerprint density at radius 2 is 2.04 bits per heavy atom. The molecule has 3 rings (SSSR count). The largest absolute Gasteiger partial charge is 0.481 e. The van der Waals surface area contributed by atoms with Crippen LogP contribution in [0, 0.1) is 5.41 Å². The van der Waals surface area contributed by atoms with Crippen LogP contribution in [0.15, 0.2) is 30.3 Å². The lowest BCUT2D eigenvalue weighted by molar-refractivity contribution is -0.161. The van der Waals surface area contributed by atoms with Crippen LogP contribution in [0.25, 0.3) is 0 Å². The Hall–Kier alpha value is -2.79. The minimum absolute atomic E-state index is 0.0671. The Kier molecular flexibility index (Phi) is 5.47. The van der Waals surface area contributed by atoms with Gasteiger partial charge in [0.2, 0.25) is 5.91 Å². The number of β-lactam (4-membered cyclic amide) rings is 1. The Morgan fingerprint density at radius 3 is 2.64 bits per heavy atom. The van der Waals surface area contributed by atoms with E-state index in [0.29, 0.717) is 5.56 Å². The summed E-state index contributed by atoms with van der Waals surface area (Å²) in [6.45, 7) is -0.620. The number of nitrogens with two attached hydrogens (primary N) is 1. The third-order valence-corrected chi connectivity index (χ3v) is 6.34. The molecule has 4 atom stereocenters. The van der Waals surface area contributed by atoms with Crippen molar-refractivity contribution in [2.24, 2.45) is 11.1 Å². The number of rotatable bonds is 6. The summed E-state index contributed by atoms with van der Waals surface area (Å²) in [4.78, 5) is 48.5. The number of amides is 3. The molecule has 2 aliphatic heterocycles. The molecule has 150 valence electrons. The number of nitrogens with zero attached hydrogens (tertiary/aromatic N) is 1. The average Bonchev–Trinajstić information content (AvgIpc) is 2.69. The van der Waals surface area contributed by atoms with E-state index < -0.39 is 53.4 Å². The lowest BCUT2D eigenvalue weighted by atomic mass is 9.88. The SMILES string of the molecule is NC(=O)OCC1(C(=O)O)CS[C@@H]2C(NC(=O)C(O)c3ccccc3)C(=O)N2C1. The molecule has 0 aliphatic carbocycles. The summed E-state index contributed by atoms with van der Waals surface area (Å²) >= 11 is 1.16. The number of primary amides is 1. The maximum Gasteiger partial charge on any atom is 0.404 e. The maximum atomic E-state index is 12.4. The molecule has 2 heterocycles. The molecule has 0 bridgehead atoms. The van der Waals surface area contributed by atoms with Crippen molar-refractivity contribution in [1.29, 1.82) is 0 Å². The Morgan fingerprint density at radius 1 is 1.36 bits per heavy atom. The van der Waals surface area contributed by atoms with E-state index in [-0.39, 0.29) is 12.3 Å². The molecule has 2 fully saturated rings. The molecule has 11 heteroatoms. The number of benzene rings is 1. The summed E-state index contributed by atoms with van der Waals surface area (Å²) in [6, 6.07) is 7.43. The van der Waals surface area contributed by atoms with Crippen LogP contribution in [0.2, 0.25) is 0 Å². The number of aliphatic hydroxyl groups is 1. The predicted octanol–water partition coefficient (Wildman–Crippen LogP) is -0.714. The number of fused-ring (bicyclic) bond motifs is 1. The van der Waals surface area contributed by atoms with Crippen LogP contribution in [0.4, 0.5) is 4.79 Å². The number of hydrogen-bond acceptors (Lipinski definition) is 7. The number of aliphatic carboxylic acids is 1. The molecular weight excluding hydrogens is 390 g/mol.